The highest BCUT2D eigenvalue weighted by Gasteiger charge is 2.18. The van der Waals surface area contributed by atoms with Gasteiger partial charge in [0, 0.05) is 0 Å². The van der Waals surface area contributed by atoms with Gasteiger partial charge in [-0.15, -0.1) is 0 Å². The van der Waals surface area contributed by atoms with E-state index in [0.29, 0.717) is 5.84 Å². The van der Waals surface area contributed by atoms with Gasteiger partial charge in [-0.2, -0.15) is 5.10 Å². The van der Waals surface area contributed by atoms with E-state index in [2.05, 4.69) is 15.8 Å². The van der Waals surface area contributed by atoms with Crippen molar-refractivity contribution in [1.29, 1.82) is 0 Å². The zero-order chi connectivity index (χ0) is 7.61. The first-order chi connectivity index (χ1) is 4.66. The van der Waals surface area contributed by atoms with Gasteiger partial charge in [-0.3, -0.25) is 10.7 Å². The molecule has 4 N–H and O–H groups in total. The summed E-state index contributed by atoms with van der Waals surface area (Å²) in [6.07, 6.45) is 3.70. The van der Waals surface area contributed by atoms with E-state index < -0.39 is 0 Å². The molecule has 4 nitrogen and oxygen atoms in total. The van der Waals surface area contributed by atoms with Crippen LogP contribution >= 0.6 is 0 Å². The third-order valence-corrected chi connectivity index (χ3v) is 1.52. The molecule has 1 heterocycles. The molecule has 0 aromatic rings. The van der Waals surface area contributed by atoms with Gasteiger partial charge in [0.05, 0.1) is 0 Å². The van der Waals surface area contributed by atoms with E-state index in [4.69, 9.17) is 5.73 Å². The molecule has 0 spiro atoms. The maximum atomic E-state index is 5.38. The second kappa shape index (κ2) is 2.30. The molecule has 10 heavy (non-hydrogen) atoms. The van der Waals surface area contributed by atoms with E-state index in [9.17, 15) is 0 Å². The molecule has 56 valence electrons. The number of rotatable bonds is 1. The number of nitrogens with zero attached hydrogens (tertiary/aromatic N) is 1. The monoisotopic (exact) mass is 140 g/mol. The second-order valence-corrected chi connectivity index (χ2v) is 2.43. The quantitative estimate of drug-likeness (QED) is 0.453. The van der Waals surface area contributed by atoms with Crippen LogP contribution in [0.1, 0.15) is 6.92 Å². The molecule has 1 aliphatic rings. The van der Waals surface area contributed by atoms with Gasteiger partial charge in [0.2, 0.25) is 0 Å². The molecular formula is C6H12N4. The Labute approximate surface area is 60.2 Å². The summed E-state index contributed by atoms with van der Waals surface area (Å²) in [5.41, 5.74) is 8.00. The molecule has 0 aromatic carbocycles. The number of nitrogens with two attached hydrogens (primary N) is 1. The fraction of sp³-hybridized carbons (Fsp3) is 0.500. The normalized spacial score (nSPS) is 31.2. The van der Waals surface area contributed by atoms with Crippen LogP contribution in [0, 0.1) is 0 Å². The van der Waals surface area contributed by atoms with Gasteiger partial charge in [-0.25, -0.2) is 0 Å². The van der Waals surface area contributed by atoms with Crippen LogP contribution in [0.5, 0.6) is 0 Å². The largest absolute Gasteiger partial charge is 0.382 e. The van der Waals surface area contributed by atoms with Crippen molar-refractivity contribution in [2.45, 2.75) is 12.6 Å². The van der Waals surface area contributed by atoms with Crippen molar-refractivity contribution in [3.8, 4) is 0 Å². The molecule has 0 aliphatic carbocycles. The van der Waals surface area contributed by atoms with Crippen LogP contribution in [-0.4, -0.2) is 18.5 Å². The van der Waals surface area contributed by atoms with Crippen LogP contribution in [0.25, 0.3) is 0 Å². The number of hydrogen-bond donors (Lipinski definition) is 3. The summed E-state index contributed by atoms with van der Waals surface area (Å²) in [6.45, 7) is 1.97. The van der Waals surface area contributed by atoms with Crippen LogP contribution in [0.4, 0.5) is 0 Å². The fourth-order valence-electron chi connectivity index (χ4n) is 0.646. The highest BCUT2D eigenvalue weighted by atomic mass is 15.4. The smallest absolute Gasteiger partial charge is 0.143 e. The molecule has 0 saturated carbocycles. The van der Waals surface area contributed by atoms with Crippen molar-refractivity contribution in [3.05, 3.63) is 12.2 Å². The van der Waals surface area contributed by atoms with Gasteiger partial charge < -0.3 is 5.73 Å². The molecule has 0 aromatic heterocycles. The maximum Gasteiger partial charge on any atom is 0.143 e. The highest BCUT2D eigenvalue weighted by molar-refractivity contribution is 5.91. The predicted octanol–water partition coefficient (Wildman–Crippen LogP) is -0.646. The summed E-state index contributed by atoms with van der Waals surface area (Å²) < 4.78 is 0. The average Bonchev–Trinajstić information content (AvgIpc) is 1.96. The minimum absolute atomic E-state index is 0.247. The Morgan fingerprint density at radius 2 is 2.50 bits per heavy atom. The molecule has 0 fully saturated rings. The van der Waals surface area contributed by atoms with Crippen LogP contribution in [0.2, 0.25) is 0 Å². The molecular weight excluding hydrogens is 128 g/mol. The Hall–Kier alpha value is -1.03. The highest BCUT2D eigenvalue weighted by Crippen LogP contribution is 2.03. The van der Waals surface area contributed by atoms with Gasteiger partial charge in [-0.1, -0.05) is 0 Å². The van der Waals surface area contributed by atoms with Crippen molar-refractivity contribution < 1.29 is 0 Å². The molecule has 0 amide bonds. The number of hydrazone groups is 1. The number of likely N-dealkylation sites (N-methyl/N-ethyl adjacent to an activating group) is 1. The minimum atomic E-state index is -0.247. The summed E-state index contributed by atoms with van der Waals surface area (Å²) in [6, 6.07) is 0. The van der Waals surface area contributed by atoms with Gasteiger partial charge in [0.25, 0.3) is 0 Å². The van der Waals surface area contributed by atoms with Crippen molar-refractivity contribution in [2.75, 3.05) is 7.05 Å². The van der Waals surface area contributed by atoms with E-state index in [-0.39, 0.29) is 5.66 Å². The van der Waals surface area contributed by atoms with Crippen molar-refractivity contribution in [1.82, 2.24) is 10.7 Å². The van der Waals surface area contributed by atoms with Crippen LogP contribution < -0.4 is 16.5 Å². The first-order valence-electron chi connectivity index (χ1n) is 3.15. The summed E-state index contributed by atoms with van der Waals surface area (Å²) in [7, 11) is 1.86. The molecule has 1 unspecified atom stereocenters. The van der Waals surface area contributed by atoms with Crippen LogP contribution in [0.3, 0.4) is 0 Å². The molecule has 4 heteroatoms. The lowest BCUT2D eigenvalue weighted by molar-refractivity contribution is 0.386. The summed E-state index contributed by atoms with van der Waals surface area (Å²) >= 11 is 0. The Morgan fingerprint density at radius 1 is 1.80 bits per heavy atom. The first-order valence-corrected chi connectivity index (χ1v) is 3.15. The Morgan fingerprint density at radius 3 is 2.90 bits per heavy atom. The number of amidine groups is 1. The van der Waals surface area contributed by atoms with E-state index >= 15 is 0 Å². The van der Waals surface area contributed by atoms with Gasteiger partial charge in [0.15, 0.2) is 0 Å². The Balaban J connectivity index is 2.67. The van der Waals surface area contributed by atoms with Crippen molar-refractivity contribution in [3.63, 3.8) is 0 Å². The van der Waals surface area contributed by atoms with E-state index in [1.54, 1.807) is 6.08 Å². The predicted molar refractivity (Wildman–Crippen MR) is 41.4 cm³/mol. The van der Waals surface area contributed by atoms with Gasteiger partial charge in [-0.05, 0) is 26.1 Å². The summed E-state index contributed by atoms with van der Waals surface area (Å²) in [5.74, 6) is 0.507. The Kier molecular flexibility index (Phi) is 1.63. The lowest BCUT2D eigenvalue weighted by atomic mass is 10.2. The third kappa shape index (κ3) is 1.27. The minimum Gasteiger partial charge on any atom is -0.382 e. The lowest BCUT2D eigenvalue weighted by Crippen LogP contribution is -2.51. The molecule has 0 bridgehead atoms. The molecule has 0 saturated heterocycles. The molecule has 1 atom stereocenters. The topological polar surface area (TPSA) is 62.4 Å². The van der Waals surface area contributed by atoms with Gasteiger partial charge in [0.1, 0.15) is 11.5 Å². The second-order valence-electron chi connectivity index (χ2n) is 2.43. The van der Waals surface area contributed by atoms with Crippen molar-refractivity contribution in [2.24, 2.45) is 10.8 Å². The maximum absolute atomic E-state index is 5.38. The SMILES string of the molecule is CNC1(C)C=CC(N)=NN1. The van der Waals surface area contributed by atoms with Crippen LogP contribution in [0.15, 0.2) is 17.3 Å². The molecule has 1 aliphatic heterocycles. The Bertz CT molecular complexity index is 184. The lowest BCUT2D eigenvalue weighted by Gasteiger charge is -2.27. The van der Waals surface area contributed by atoms with Gasteiger partial charge >= 0.3 is 0 Å². The van der Waals surface area contributed by atoms with Crippen LogP contribution in [-0.2, 0) is 0 Å². The summed E-state index contributed by atoms with van der Waals surface area (Å²) in [4.78, 5) is 0. The summed E-state index contributed by atoms with van der Waals surface area (Å²) in [5, 5.41) is 6.89. The fourth-order valence-corrected chi connectivity index (χ4v) is 0.646. The number of hydrogen-bond acceptors (Lipinski definition) is 4. The van der Waals surface area contributed by atoms with E-state index in [1.165, 1.54) is 0 Å². The first kappa shape index (κ1) is 7.08. The molecule has 1 rings (SSSR count). The van der Waals surface area contributed by atoms with E-state index in [1.807, 2.05) is 20.0 Å². The third-order valence-electron chi connectivity index (χ3n) is 1.52. The zero-order valence-electron chi connectivity index (χ0n) is 6.18. The average molecular weight is 140 g/mol. The molecule has 0 radical (unpaired) electrons. The zero-order valence-corrected chi connectivity index (χ0v) is 6.18. The van der Waals surface area contributed by atoms with Crippen molar-refractivity contribution >= 4 is 5.84 Å². The number of nitrogens with one attached hydrogen (secondary N) is 2. The van der Waals surface area contributed by atoms with E-state index in [0.717, 1.165) is 0 Å². The standard InChI is InChI=1S/C6H12N4/c1-6(8-2)4-3-5(7)9-10-6/h3-4,8,10H,1-2H3,(H2,7,9).